The first kappa shape index (κ1) is 15.8. The van der Waals surface area contributed by atoms with Gasteiger partial charge in [0.1, 0.15) is 0 Å². The van der Waals surface area contributed by atoms with Gasteiger partial charge in [-0.3, -0.25) is 14.3 Å². The number of hydrogen-bond acceptors (Lipinski definition) is 3. The summed E-state index contributed by atoms with van der Waals surface area (Å²) in [6.07, 6.45) is 3.12. The minimum atomic E-state index is -0.960. The lowest BCUT2D eigenvalue weighted by Gasteiger charge is -2.22. The molecule has 0 unspecified atom stereocenters. The van der Waals surface area contributed by atoms with E-state index >= 15 is 0 Å². The predicted molar refractivity (Wildman–Crippen MR) is 81.4 cm³/mol. The molecule has 6 heteroatoms. The van der Waals surface area contributed by atoms with Gasteiger partial charge in [0.15, 0.2) is 0 Å². The normalized spacial score (nSPS) is 13.4. The van der Waals surface area contributed by atoms with Crippen LogP contribution in [0.5, 0.6) is 0 Å². The van der Waals surface area contributed by atoms with Crippen molar-refractivity contribution in [3.8, 4) is 0 Å². The number of carboxylic acid groups (broad SMARTS) is 1. The number of carbonyl (C=O) groups is 2. The van der Waals surface area contributed by atoms with Crippen molar-refractivity contribution in [2.75, 3.05) is 0 Å². The average molecular weight is 301 g/mol. The fraction of sp³-hybridized carbons (Fsp3) is 0.312. The Labute approximate surface area is 128 Å². The van der Waals surface area contributed by atoms with E-state index in [0.29, 0.717) is 12.1 Å². The molecule has 1 aromatic heterocycles. The van der Waals surface area contributed by atoms with Crippen LogP contribution in [-0.2, 0) is 11.3 Å². The summed E-state index contributed by atoms with van der Waals surface area (Å²) >= 11 is 0. The van der Waals surface area contributed by atoms with Crippen LogP contribution < -0.4 is 5.32 Å². The van der Waals surface area contributed by atoms with Crippen LogP contribution in [0, 0.1) is 5.92 Å². The molecule has 0 aliphatic rings. The molecule has 6 nitrogen and oxygen atoms in total. The van der Waals surface area contributed by atoms with Crippen LogP contribution in [0.1, 0.15) is 35.8 Å². The Bertz CT molecular complexity index is 652. The van der Waals surface area contributed by atoms with E-state index in [1.54, 1.807) is 29.9 Å². The number of rotatable bonds is 6. The molecule has 0 radical (unpaired) electrons. The van der Waals surface area contributed by atoms with Crippen molar-refractivity contribution in [1.29, 1.82) is 0 Å². The number of carbonyl (C=O) groups excluding carboxylic acids is 1. The van der Waals surface area contributed by atoms with Crippen LogP contribution in [0.4, 0.5) is 0 Å². The van der Waals surface area contributed by atoms with Gasteiger partial charge in [-0.05, 0) is 19.4 Å². The third kappa shape index (κ3) is 3.52. The Balaban J connectivity index is 2.22. The highest BCUT2D eigenvalue weighted by Gasteiger charge is 2.27. The van der Waals surface area contributed by atoms with Gasteiger partial charge in [0.25, 0.3) is 5.91 Å². The van der Waals surface area contributed by atoms with Gasteiger partial charge in [0.2, 0.25) is 0 Å². The Morgan fingerprint density at radius 3 is 2.55 bits per heavy atom. The number of aryl methyl sites for hydroxylation is 1. The number of aliphatic carboxylic acids is 1. The van der Waals surface area contributed by atoms with E-state index in [2.05, 4.69) is 10.4 Å². The van der Waals surface area contributed by atoms with Crippen LogP contribution in [0.3, 0.4) is 0 Å². The smallest absolute Gasteiger partial charge is 0.308 e. The van der Waals surface area contributed by atoms with E-state index in [1.165, 1.54) is 6.20 Å². The fourth-order valence-electron chi connectivity index (χ4n) is 2.18. The molecular weight excluding hydrogens is 282 g/mol. The van der Waals surface area contributed by atoms with Crippen LogP contribution in [0.2, 0.25) is 0 Å². The van der Waals surface area contributed by atoms with Crippen molar-refractivity contribution in [3.63, 3.8) is 0 Å². The monoisotopic (exact) mass is 301 g/mol. The van der Waals surface area contributed by atoms with Gasteiger partial charge in [0.05, 0.1) is 23.7 Å². The van der Waals surface area contributed by atoms with E-state index in [4.69, 9.17) is 0 Å². The molecule has 2 rings (SSSR count). The second kappa shape index (κ2) is 6.89. The molecule has 2 aromatic rings. The first-order valence-electron chi connectivity index (χ1n) is 7.14. The summed E-state index contributed by atoms with van der Waals surface area (Å²) in [6.45, 7) is 4.17. The molecule has 1 heterocycles. The number of nitrogens with zero attached hydrogens (tertiary/aromatic N) is 2. The van der Waals surface area contributed by atoms with Gasteiger partial charge in [-0.25, -0.2) is 0 Å². The summed E-state index contributed by atoms with van der Waals surface area (Å²) in [5.41, 5.74) is 1.18. The zero-order valence-corrected chi connectivity index (χ0v) is 12.6. The summed E-state index contributed by atoms with van der Waals surface area (Å²) in [7, 11) is 0. The molecule has 0 fully saturated rings. The van der Waals surface area contributed by atoms with Crippen LogP contribution in [0.25, 0.3) is 0 Å². The quantitative estimate of drug-likeness (QED) is 0.855. The van der Waals surface area contributed by atoms with Gasteiger partial charge in [-0.15, -0.1) is 0 Å². The molecule has 22 heavy (non-hydrogen) atoms. The third-order valence-corrected chi connectivity index (χ3v) is 3.55. The van der Waals surface area contributed by atoms with E-state index in [1.807, 2.05) is 25.1 Å². The van der Waals surface area contributed by atoms with E-state index in [9.17, 15) is 14.7 Å². The molecule has 1 amide bonds. The van der Waals surface area contributed by atoms with Gasteiger partial charge in [-0.1, -0.05) is 30.3 Å². The predicted octanol–water partition coefficient (Wildman–Crippen LogP) is 2.09. The molecule has 0 aliphatic carbocycles. The average Bonchev–Trinajstić information content (AvgIpc) is 3.01. The van der Waals surface area contributed by atoms with E-state index < -0.39 is 17.9 Å². The standard InChI is InChI=1S/C16H19N3O3/c1-3-19-10-13(9-17-19)15(20)18-14(11(2)16(21)22)12-7-5-4-6-8-12/h4-11,14H,3H2,1-2H3,(H,18,20)(H,21,22)/t11-,14+/m1/s1. The number of benzene rings is 1. The highest BCUT2D eigenvalue weighted by atomic mass is 16.4. The molecule has 0 aliphatic heterocycles. The highest BCUT2D eigenvalue weighted by molar-refractivity contribution is 5.94. The first-order chi connectivity index (χ1) is 10.5. The molecule has 0 saturated carbocycles. The van der Waals surface area contributed by atoms with Crippen molar-refractivity contribution in [2.45, 2.75) is 26.4 Å². The molecule has 2 N–H and O–H groups in total. The maximum Gasteiger partial charge on any atom is 0.308 e. The van der Waals surface area contributed by atoms with Crippen molar-refractivity contribution in [2.24, 2.45) is 5.92 Å². The van der Waals surface area contributed by atoms with Crippen molar-refractivity contribution in [1.82, 2.24) is 15.1 Å². The number of amides is 1. The zero-order valence-electron chi connectivity index (χ0n) is 12.6. The summed E-state index contributed by atoms with van der Waals surface area (Å²) in [4.78, 5) is 23.6. The van der Waals surface area contributed by atoms with Crippen LogP contribution >= 0.6 is 0 Å². The lowest BCUT2D eigenvalue weighted by molar-refractivity contribution is -0.142. The van der Waals surface area contributed by atoms with Gasteiger partial charge in [-0.2, -0.15) is 5.10 Å². The van der Waals surface area contributed by atoms with Crippen LogP contribution in [0.15, 0.2) is 42.7 Å². The minimum Gasteiger partial charge on any atom is -0.481 e. The molecule has 2 atom stereocenters. The van der Waals surface area contributed by atoms with Gasteiger partial charge >= 0.3 is 5.97 Å². The Morgan fingerprint density at radius 2 is 2.00 bits per heavy atom. The van der Waals surface area contributed by atoms with Crippen molar-refractivity contribution < 1.29 is 14.7 Å². The largest absolute Gasteiger partial charge is 0.481 e. The van der Waals surface area contributed by atoms with Crippen molar-refractivity contribution in [3.05, 3.63) is 53.9 Å². The Morgan fingerprint density at radius 1 is 1.32 bits per heavy atom. The topological polar surface area (TPSA) is 84.2 Å². The van der Waals surface area contributed by atoms with Crippen LogP contribution in [-0.4, -0.2) is 26.8 Å². The van der Waals surface area contributed by atoms with Gasteiger partial charge < -0.3 is 10.4 Å². The second-order valence-corrected chi connectivity index (χ2v) is 5.07. The van der Waals surface area contributed by atoms with Crippen molar-refractivity contribution >= 4 is 11.9 Å². The fourth-order valence-corrected chi connectivity index (χ4v) is 2.18. The summed E-state index contributed by atoms with van der Waals surface area (Å²) < 4.78 is 1.65. The molecule has 0 bridgehead atoms. The number of carboxylic acids is 1. The summed E-state index contributed by atoms with van der Waals surface area (Å²) in [5.74, 6) is -2.03. The summed E-state index contributed by atoms with van der Waals surface area (Å²) in [6, 6.07) is 8.49. The highest BCUT2D eigenvalue weighted by Crippen LogP contribution is 2.22. The second-order valence-electron chi connectivity index (χ2n) is 5.07. The molecule has 0 spiro atoms. The summed E-state index contributed by atoms with van der Waals surface area (Å²) in [5, 5.41) is 16.1. The molecule has 0 saturated heterocycles. The number of aromatic nitrogens is 2. The van der Waals surface area contributed by atoms with E-state index in [-0.39, 0.29) is 5.91 Å². The number of hydrogen-bond donors (Lipinski definition) is 2. The number of nitrogens with one attached hydrogen (secondary N) is 1. The maximum absolute atomic E-state index is 12.3. The maximum atomic E-state index is 12.3. The zero-order chi connectivity index (χ0) is 16.1. The van der Waals surface area contributed by atoms with Gasteiger partial charge in [0, 0.05) is 12.7 Å². The minimum absolute atomic E-state index is 0.332. The Hall–Kier alpha value is -2.63. The lowest BCUT2D eigenvalue weighted by atomic mass is 9.94. The Kier molecular flexibility index (Phi) is 4.93. The molecule has 1 aromatic carbocycles. The SMILES string of the molecule is CCn1cc(C(=O)N[C@H](c2ccccc2)[C@@H](C)C(=O)O)cn1. The molecular formula is C16H19N3O3. The third-order valence-electron chi connectivity index (χ3n) is 3.55. The lowest BCUT2D eigenvalue weighted by Crippen LogP contribution is -2.35. The first-order valence-corrected chi connectivity index (χ1v) is 7.14. The molecule has 116 valence electrons. The van der Waals surface area contributed by atoms with E-state index in [0.717, 1.165) is 5.56 Å².